The SMILES string of the molecule is COc1ccc([N+](=O)[O-])cc1N=Nc1c(O)c(C(=O)Nc2ccccc2OC)cc2ccccc12. The number of benzene rings is 4. The molecule has 1 amide bonds. The minimum absolute atomic E-state index is 0.0295. The van der Waals surface area contributed by atoms with E-state index < -0.39 is 16.6 Å². The van der Waals surface area contributed by atoms with E-state index in [1.807, 2.05) is 0 Å². The van der Waals surface area contributed by atoms with Gasteiger partial charge in [-0.3, -0.25) is 14.9 Å². The van der Waals surface area contributed by atoms with Crippen molar-refractivity contribution in [3.05, 3.63) is 88.5 Å². The Balaban J connectivity index is 1.80. The summed E-state index contributed by atoms with van der Waals surface area (Å²) in [4.78, 5) is 23.7. The second kappa shape index (κ2) is 9.87. The molecule has 0 fully saturated rings. The summed E-state index contributed by atoms with van der Waals surface area (Å²) >= 11 is 0. The molecule has 35 heavy (non-hydrogen) atoms. The van der Waals surface area contributed by atoms with E-state index >= 15 is 0 Å². The molecule has 0 radical (unpaired) electrons. The molecule has 0 heterocycles. The highest BCUT2D eigenvalue weighted by molar-refractivity contribution is 6.12. The topological polar surface area (TPSA) is 136 Å². The van der Waals surface area contributed by atoms with Crippen LogP contribution in [0.5, 0.6) is 17.2 Å². The van der Waals surface area contributed by atoms with Crippen LogP contribution in [-0.4, -0.2) is 30.2 Å². The van der Waals surface area contributed by atoms with Gasteiger partial charge in [-0.2, -0.15) is 0 Å². The van der Waals surface area contributed by atoms with E-state index in [-0.39, 0.29) is 28.4 Å². The smallest absolute Gasteiger partial charge is 0.271 e. The van der Waals surface area contributed by atoms with Crippen molar-refractivity contribution in [2.75, 3.05) is 19.5 Å². The van der Waals surface area contributed by atoms with Gasteiger partial charge < -0.3 is 19.9 Å². The van der Waals surface area contributed by atoms with E-state index in [4.69, 9.17) is 9.47 Å². The number of methoxy groups -OCH3 is 2. The van der Waals surface area contributed by atoms with Gasteiger partial charge in [-0.05, 0) is 29.7 Å². The number of fused-ring (bicyclic) bond motifs is 1. The summed E-state index contributed by atoms with van der Waals surface area (Å²) in [6.45, 7) is 0. The molecular formula is C25H20N4O6. The van der Waals surface area contributed by atoms with Gasteiger partial charge in [0, 0.05) is 17.5 Å². The first-order chi connectivity index (χ1) is 16.9. The van der Waals surface area contributed by atoms with E-state index in [1.54, 1.807) is 54.6 Å². The van der Waals surface area contributed by atoms with Crippen LogP contribution in [-0.2, 0) is 0 Å². The van der Waals surface area contributed by atoms with Gasteiger partial charge in [0.05, 0.1) is 30.4 Å². The molecule has 0 saturated carbocycles. The number of non-ortho nitro benzene ring substituents is 1. The molecule has 4 aromatic rings. The molecule has 4 rings (SSSR count). The van der Waals surface area contributed by atoms with Crippen LogP contribution in [0.3, 0.4) is 0 Å². The van der Waals surface area contributed by atoms with Crippen molar-refractivity contribution >= 4 is 39.4 Å². The summed E-state index contributed by atoms with van der Waals surface area (Å²) in [5, 5.41) is 34.4. The Kier molecular flexibility index (Phi) is 6.54. The Morgan fingerprint density at radius 1 is 0.943 bits per heavy atom. The Morgan fingerprint density at radius 3 is 2.40 bits per heavy atom. The molecule has 0 aliphatic heterocycles. The quantitative estimate of drug-likeness (QED) is 0.188. The molecule has 0 aliphatic carbocycles. The van der Waals surface area contributed by atoms with Crippen LogP contribution in [0.25, 0.3) is 10.8 Å². The Morgan fingerprint density at radius 2 is 1.66 bits per heavy atom. The van der Waals surface area contributed by atoms with Crippen LogP contribution in [0.1, 0.15) is 10.4 Å². The summed E-state index contributed by atoms with van der Waals surface area (Å²) in [5.41, 5.74) is 0.321. The number of carbonyl (C=O) groups excluding carboxylic acids is 1. The second-order valence-electron chi connectivity index (χ2n) is 7.31. The lowest BCUT2D eigenvalue weighted by Crippen LogP contribution is -2.13. The summed E-state index contributed by atoms with van der Waals surface area (Å²) in [6, 6.07) is 19.3. The van der Waals surface area contributed by atoms with Crippen molar-refractivity contribution in [1.29, 1.82) is 0 Å². The highest BCUT2D eigenvalue weighted by Crippen LogP contribution is 2.41. The van der Waals surface area contributed by atoms with Crippen LogP contribution < -0.4 is 14.8 Å². The molecular weight excluding hydrogens is 452 g/mol. The molecule has 0 aromatic heterocycles. The largest absolute Gasteiger partial charge is 0.505 e. The number of phenols is 1. The maximum atomic E-state index is 13.1. The minimum atomic E-state index is -0.581. The molecule has 10 nitrogen and oxygen atoms in total. The number of nitro benzene ring substituents is 1. The maximum absolute atomic E-state index is 13.1. The van der Waals surface area contributed by atoms with Crippen LogP contribution in [0.4, 0.5) is 22.7 Å². The molecule has 0 saturated heterocycles. The number of azo groups is 1. The van der Waals surface area contributed by atoms with Gasteiger partial charge >= 0.3 is 0 Å². The highest BCUT2D eigenvalue weighted by Gasteiger charge is 2.20. The van der Waals surface area contributed by atoms with Gasteiger partial charge in [0.25, 0.3) is 11.6 Å². The fourth-order valence-electron chi connectivity index (χ4n) is 3.50. The van der Waals surface area contributed by atoms with E-state index in [0.717, 1.165) is 0 Å². The molecule has 0 spiro atoms. The normalized spacial score (nSPS) is 10.9. The predicted molar refractivity (Wildman–Crippen MR) is 130 cm³/mol. The summed E-state index contributed by atoms with van der Waals surface area (Å²) in [7, 11) is 2.88. The molecule has 10 heteroatoms. The zero-order valence-corrected chi connectivity index (χ0v) is 18.8. The number of rotatable bonds is 7. The number of para-hydroxylation sites is 2. The first kappa shape index (κ1) is 23.2. The average Bonchev–Trinajstić information content (AvgIpc) is 2.87. The number of aromatic hydroxyl groups is 1. The number of anilines is 1. The maximum Gasteiger partial charge on any atom is 0.271 e. The number of nitrogens with one attached hydrogen (secondary N) is 1. The van der Waals surface area contributed by atoms with Crippen LogP contribution in [0, 0.1) is 10.1 Å². The number of nitro groups is 1. The van der Waals surface area contributed by atoms with Crippen molar-refractivity contribution in [3.63, 3.8) is 0 Å². The number of amides is 1. The molecule has 176 valence electrons. The lowest BCUT2D eigenvalue weighted by molar-refractivity contribution is -0.384. The third-order valence-corrected chi connectivity index (χ3v) is 5.23. The fourth-order valence-corrected chi connectivity index (χ4v) is 3.50. The predicted octanol–water partition coefficient (Wildman–Crippen LogP) is 6.14. The molecule has 2 N–H and O–H groups in total. The number of hydrogen-bond acceptors (Lipinski definition) is 8. The van der Waals surface area contributed by atoms with Gasteiger partial charge in [0.2, 0.25) is 0 Å². The van der Waals surface area contributed by atoms with E-state index in [0.29, 0.717) is 22.2 Å². The summed E-state index contributed by atoms with van der Waals surface area (Å²) < 4.78 is 10.5. The zero-order chi connectivity index (χ0) is 24.9. The zero-order valence-electron chi connectivity index (χ0n) is 18.8. The van der Waals surface area contributed by atoms with Crippen LogP contribution >= 0.6 is 0 Å². The second-order valence-corrected chi connectivity index (χ2v) is 7.31. The number of carbonyl (C=O) groups is 1. The lowest BCUT2D eigenvalue weighted by Gasteiger charge is -2.13. The molecule has 0 aliphatic rings. The van der Waals surface area contributed by atoms with Crippen molar-refractivity contribution < 1.29 is 24.3 Å². The third kappa shape index (κ3) is 4.71. The van der Waals surface area contributed by atoms with Crippen LogP contribution in [0.15, 0.2) is 83.0 Å². The Bertz CT molecular complexity index is 1470. The van der Waals surface area contributed by atoms with Gasteiger partial charge in [-0.25, -0.2) is 0 Å². The van der Waals surface area contributed by atoms with E-state index in [2.05, 4.69) is 15.5 Å². The molecule has 4 aromatic carbocycles. The third-order valence-electron chi connectivity index (χ3n) is 5.23. The molecule has 0 atom stereocenters. The number of hydrogen-bond donors (Lipinski definition) is 2. The first-order valence-electron chi connectivity index (χ1n) is 10.4. The average molecular weight is 472 g/mol. The highest BCUT2D eigenvalue weighted by atomic mass is 16.6. The number of ether oxygens (including phenoxy) is 2. The summed E-state index contributed by atoms with van der Waals surface area (Å²) in [6.07, 6.45) is 0. The Hall–Kier alpha value is -4.99. The molecule has 0 unspecified atom stereocenters. The van der Waals surface area contributed by atoms with Gasteiger partial charge in [0.15, 0.2) is 5.75 Å². The van der Waals surface area contributed by atoms with E-state index in [9.17, 15) is 20.0 Å². The van der Waals surface area contributed by atoms with Gasteiger partial charge in [0.1, 0.15) is 22.9 Å². The Labute approximate surface area is 199 Å². The van der Waals surface area contributed by atoms with Crippen molar-refractivity contribution in [2.24, 2.45) is 10.2 Å². The monoisotopic (exact) mass is 472 g/mol. The number of phenolic OH excluding ortho intramolecular Hbond substituents is 1. The summed E-state index contributed by atoms with van der Waals surface area (Å²) in [5.74, 6) is -0.265. The van der Waals surface area contributed by atoms with Crippen molar-refractivity contribution in [2.45, 2.75) is 0 Å². The standard InChI is InChI=1S/C25H20N4O6/c1-34-21-10-6-5-9-19(21)26-25(31)18-13-15-7-3-4-8-17(15)23(24(18)30)28-27-20-14-16(29(32)33)11-12-22(20)35-2/h3-14,30H,1-2H3,(H,26,31). The number of nitrogens with zero attached hydrogens (tertiary/aromatic N) is 3. The molecule has 0 bridgehead atoms. The van der Waals surface area contributed by atoms with Gasteiger partial charge in [-0.1, -0.05) is 36.4 Å². The van der Waals surface area contributed by atoms with Crippen molar-refractivity contribution in [3.8, 4) is 17.2 Å². The van der Waals surface area contributed by atoms with Gasteiger partial charge in [-0.15, -0.1) is 10.2 Å². The van der Waals surface area contributed by atoms with Crippen LogP contribution in [0.2, 0.25) is 0 Å². The fraction of sp³-hybridized carbons (Fsp3) is 0.0800. The lowest BCUT2D eigenvalue weighted by atomic mass is 10.0. The van der Waals surface area contributed by atoms with E-state index in [1.165, 1.54) is 32.4 Å². The first-order valence-corrected chi connectivity index (χ1v) is 10.4. The van der Waals surface area contributed by atoms with Crippen molar-refractivity contribution in [1.82, 2.24) is 0 Å². The minimum Gasteiger partial charge on any atom is -0.505 e.